The Morgan fingerprint density at radius 1 is 1.17 bits per heavy atom. The molecule has 0 radical (unpaired) electrons. The van der Waals surface area contributed by atoms with Crippen LogP contribution in [0.3, 0.4) is 0 Å². The van der Waals surface area contributed by atoms with Crippen molar-refractivity contribution in [1.82, 2.24) is 26.2 Å². The number of allylic oxidation sites excluding steroid dienone is 4. The molecule has 1 saturated carbocycles. The molecule has 1 fully saturated rings. The van der Waals surface area contributed by atoms with Crippen molar-refractivity contribution in [2.24, 2.45) is 28.7 Å². The Morgan fingerprint density at radius 2 is 1.89 bits per heavy atom. The predicted octanol–water partition coefficient (Wildman–Crippen LogP) is 4.41. The fraction of sp³-hybridized carbons (Fsp3) is 0.588. The second kappa shape index (κ2) is 15.1. The number of benzene rings is 1. The molecule has 47 heavy (non-hydrogen) atoms. The number of nitrogens with zero attached hydrogens (tertiary/aromatic N) is 2. The largest absolute Gasteiger partial charge is 0.573 e. The van der Waals surface area contributed by atoms with Gasteiger partial charge in [0.05, 0.1) is 11.8 Å². The summed E-state index contributed by atoms with van der Waals surface area (Å²) in [6.45, 7) is 4.61. The van der Waals surface area contributed by atoms with Gasteiger partial charge in [-0.15, -0.1) is 13.2 Å². The Morgan fingerprint density at radius 3 is 2.57 bits per heavy atom. The van der Waals surface area contributed by atoms with E-state index < -0.39 is 18.8 Å². The number of halogens is 3. The Kier molecular flexibility index (Phi) is 11.2. The molecule has 6 unspecified atom stereocenters. The van der Waals surface area contributed by atoms with Crippen LogP contribution >= 0.6 is 0 Å². The third kappa shape index (κ3) is 9.51. The van der Waals surface area contributed by atoms with E-state index in [2.05, 4.69) is 67.4 Å². The highest BCUT2D eigenvalue weighted by molar-refractivity contribution is 5.88. The van der Waals surface area contributed by atoms with E-state index in [4.69, 9.17) is 4.99 Å². The number of amides is 1. The molecule has 0 bridgehead atoms. The van der Waals surface area contributed by atoms with Crippen LogP contribution < -0.4 is 31.3 Å². The number of alkyl halides is 3. The second-order valence-electron chi connectivity index (χ2n) is 13.4. The number of rotatable bonds is 10. The minimum atomic E-state index is -4.78. The van der Waals surface area contributed by atoms with E-state index in [0.717, 1.165) is 43.5 Å². The van der Waals surface area contributed by atoms with Crippen molar-refractivity contribution in [3.8, 4) is 5.75 Å². The number of carbonyl (C=O) groups is 1. The molecule has 258 valence electrons. The van der Waals surface area contributed by atoms with Crippen molar-refractivity contribution in [3.05, 3.63) is 59.8 Å². The Hall–Kier alpha value is -3.55. The summed E-state index contributed by atoms with van der Waals surface area (Å²) >= 11 is 0. The van der Waals surface area contributed by atoms with E-state index in [1.54, 1.807) is 0 Å². The Balaban J connectivity index is 1.09. The number of ether oxygens (including phenoxy) is 1. The molecule has 4 aliphatic rings. The maximum atomic E-state index is 13.5. The summed E-state index contributed by atoms with van der Waals surface area (Å²) in [6, 6.07) is 5.02. The molecule has 0 saturated heterocycles. The Bertz CT molecular complexity index is 1350. The number of fused-ring (bicyclic) bond motifs is 1. The van der Waals surface area contributed by atoms with Crippen molar-refractivity contribution in [2.45, 2.75) is 83.5 Å². The number of aliphatic imine (C=N–C) groups is 1. The standard InChI is InChI=1S/C34H48F3N7O3/c1-20-17-21(2)29(42-33(46)40-24-13-15-25(16-14-24)47-34(35,36)37)27(18-20)31(45)38-19-22-9-11-23(12-10-22)39-32-41-28-8-6-5-7-26(28)30(43-32)44(3)4/h5-6,8,13-17,20,22-23,26-27,29,32-33,39-42,46H,7,9-12,18-19H2,1-4H3,(H,38,45). The van der Waals surface area contributed by atoms with Gasteiger partial charge in [0, 0.05) is 44.1 Å². The summed E-state index contributed by atoms with van der Waals surface area (Å²) in [5.41, 5.74) is 2.55. The van der Waals surface area contributed by atoms with Crippen LogP contribution in [0.15, 0.2) is 64.8 Å². The number of hydrogen-bond acceptors (Lipinski definition) is 9. The average molecular weight is 660 g/mol. The van der Waals surface area contributed by atoms with Gasteiger partial charge in [-0.3, -0.25) is 15.4 Å². The van der Waals surface area contributed by atoms with Crippen LogP contribution in [0.2, 0.25) is 0 Å². The fourth-order valence-electron chi connectivity index (χ4n) is 7.18. The van der Waals surface area contributed by atoms with Crippen LogP contribution in [0.25, 0.3) is 0 Å². The molecule has 1 amide bonds. The van der Waals surface area contributed by atoms with Crippen LogP contribution in [0.5, 0.6) is 5.75 Å². The number of aliphatic hydroxyl groups is 1. The average Bonchev–Trinajstić information content (AvgIpc) is 3.01. The van der Waals surface area contributed by atoms with Crippen molar-refractivity contribution in [1.29, 1.82) is 0 Å². The highest BCUT2D eigenvalue weighted by atomic mass is 19.4. The first kappa shape index (κ1) is 34.8. The lowest BCUT2D eigenvalue weighted by molar-refractivity contribution is -0.274. The van der Waals surface area contributed by atoms with Crippen molar-refractivity contribution in [2.75, 3.05) is 26.0 Å². The van der Waals surface area contributed by atoms with E-state index in [-0.39, 0.29) is 35.7 Å². The van der Waals surface area contributed by atoms with Gasteiger partial charge in [0.15, 0.2) is 12.6 Å². The molecule has 1 aromatic carbocycles. The lowest BCUT2D eigenvalue weighted by atomic mass is 9.79. The zero-order valence-corrected chi connectivity index (χ0v) is 27.5. The van der Waals surface area contributed by atoms with E-state index in [1.165, 1.54) is 30.0 Å². The molecule has 6 N–H and O–H groups in total. The van der Waals surface area contributed by atoms with E-state index >= 15 is 0 Å². The Labute approximate surface area is 275 Å². The third-order valence-corrected chi connectivity index (χ3v) is 9.43. The first-order valence-corrected chi connectivity index (χ1v) is 16.5. The molecule has 1 heterocycles. The zero-order valence-electron chi connectivity index (χ0n) is 27.5. The van der Waals surface area contributed by atoms with Gasteiger partial charge in [-0.25, -0.2) is 4.99 Å². The van der Waals surface area contributed by atoms with Gasteiger partial charge >= 0.3 is 6.36 Å². The van der Waals surface area contributed by atoms with E-state index in [0.29, 0.717) is 30.6 Å². The third-order valence-electron chi connectivity index (χ3n) is 9.43. The second-order valence-corrected chi connectivity index (χ2v) is 13.4. The van der Waals surface area contributed by atoms with E-state index in [9.17, 15) is 23.1 Å². The predicted molar refractivity (Wildman–Crippen MR) is 176 cm³/mol. The van der Waals surface area contributed by atoms with E-state index in [1.807, 2.05) is 21.0 Å². The quantitative estimate of drug-likeness (QED) is 0.162. The minimum absolute atomic E-state index is 0.0516. The lowest BCUT2D eigenvalue weighted by Crippen LogP contribution is -2.54. The molecule has 1 aromatic rings. The van der Waals surface area contributed by atoms with Crippen LogP contribution in [0.1, 0.15) is 52.4 Å². The smallest absolute Gasteiger partial charge is 0.406 e. The molecule has 10 nitrogen and oxygen atoms in total. The number of aliphatic hydroxyl groups excluding tert-OH is 1. The number of hydrogen-bond donors (Lipinski definition) is 6. The normalized spacial score (nSPS) is 29.7. The number of nitrogens with one attached hydrogen (secondary N) is 5. The number of anilines is 1. The van der Waals surface area contributed by atoms with Crippen molar-refractivity contribution >= 4 is 17.4 Å². The maximum absolute atomic E-state index is 13.5. The molecular weight excluding hydrogens is 611 g/mol. The zero-order chi connectivity index (χ0) is 33.7. The molecular formula is C34H48F3N7O3. The van der Waals surface area contributed by atoms with Gasteiger partial charge in [-0.05, 0) is 87.6 Å². The van der Waals surface area contributed by atoms with Crippen LogP contribution in [-0.2, 0) is 4.79 Å². The minimum Gasteiger partial charge on any atom is -0.406 e. The fourth-order valence-corrected chi connectivity index (χ4v) is 7.18. The molecule has 13 heteroatoms. The number of amidine groups is 1. The summed E-state index contributed by atoms with van der Waals surface area (Å²) in [5.74, 6) is 1.15. The van der Waals surface area contributed by atoms with Crippen LogP contribution in [0.4, 0.5) is 18.9 Å². The topological polar surface area (TPSA) is 122 Å². The first-order chi connectivity index (χ1) is 22.3. The van der Waals surface area contributed by atoms with Gasteiger partial charge in [-0.1, -0.05) is 30.7 Å². The monoisotopic (exact) mass is 659 g/mol. The molecule has 1 aliphatic heterocycles. The lowest BCUT2D eigenvalue weighted by Gasteiger charge is -2.38. The molecule has 6 atom stereocenters. The summed E-state index contributed by atoms with van der Waals surface area (Å²) in [6.07, 6.45) is 7.92. The first-order valence-electron chi connectivity index (χ1n) is 16.5. The highest BCUT2D eigenvalue weighted by Crippen LogP contribution is 2.31. The number of carbonyl (C=O) groups excluding carboxylic acids is 1. The van der Waals surface area contributed by atoms with Gasteiger partial charge in [0.2, 0.25) is 5.91 Å². The SMILES string of the molecule is CC1=CC(C)CC(C(=O)NCC2CCC(NC3N=C(N(C)C)C4CC=CC=C4N3)CC2)C1NC(O)Nc1ccc(OC(F)(F)F)cc1. The van der Waals surface area contributed by atoms with Gasteiger partial charge in [0.1, 0.15) is 11.6 Å². The highest BCUT2D eigenvalue weighted by Gasteiger charge is 2.36. The maximum Gasteiger partial charge on any atom is 0.573 e. The molecule has 3 aliphatic carbocycles. The summed E-state index contributed by atoms with van der Waals surface area (Å²) in [5, 5.41) is 27.2. The molecule has 0 aromatic heterocycles. The van der Waals surface area contributed by atoms with Crippen molar-refractivity contribution < 1.29 is 27.8 Å². The van der Waals surface area contributed by atoms with Gasteiger partial charge in [-0.2, -0.15) is 0 Å². The van der Waals surface area contributed by atoms with Gasteiger partial charge in [0.25, 0.3) is 0 Å². The molecule has 5 rings (SSSR count). The van der Waals surface area contributed by atoms with Crippen LogP contribution in [0, 0.1) is 23.7 Å². The van der Waals surface area contributed by atoms with Crippen molar-refractivity contribution in [3.63, 3.8) is 0 Å². The van der Waals surface area contributed by atoms with Gasteiger partial charge < -0.3 is 30.7 Å². The van der Waals surface area contributed by atoms with Crippen LogP contribution in [-0.4, -0.2) is 73.5 Å². The summed E-state index contributed by atoms with van der Waals surface area (Å²) in [7, 11) is 4.09. The molecule has 0 spiro atoms. The summed E-state index contributed by atoms with van der Waals surface area (Å²) < 4.78 is 41.3. The summed E-state index contributed by atoms with van der Waals surface area (Å²) in [4.78, 5) is 20.6.